The maximum absolute atomic E-state index is 13.0. The van der Waals surface area contributed by atoms with Gasteiger partial charge in [0.05, 0.1) is 40.6 Å². The maximum Gasteiger partial charge on any atom is 0.274 e. The molecule has 6 heterocycles. The molecule has 0 radical (unpaired) electrons. The summed E-state index contributed by atoms with van der Waals surface area (Å²) in [6.45, 7) is 13.1. The first-order valence-electron chi connectivity index (χ1n) is 28.1. The molecule has 19 nitrogen and oxygen atoms in total. The van der Waals surface area contributed by atoms with Crippen LogP contribution in [0.1, 0.15) is 73.3 Å². The fourth-order valence-corrected chi connectivity index (χ4v) is 10.5. The number of aromatic nitrogens is 8. The highest BCUT2D eigenvalue weighted by Gasteiger charge is 2.21. The largest absolute Gasteiger partial charge is 0.395 e. The van der Waals surface area contributed by atoms with E-state index < -0.39 is 0 Å². The predicted molar refractivity (Wildman–Crippen MR) is 340 cm³/mol. The van der Waals surface area contributed by atoms with Crippen LogP contribution in [0.25, 0.3) is 56.3 Å². The lowest BCUT2D eigenvalue weighted by Crippen LogP contribution is -2.18. The Morgan fingerprint density at radius 1 is 0.477 bits per heavy atom. The number of halogens is 3. The van der Waals surface area contributed by atoms with E-state index in [9.17, 15) is 9.59 Å². The zero-order valence-electron chi connectivity index (χ0n) is 48.1. The van der Waals surface area contributed by atoms with Gasteiger partial charge in [0, 0.05) is 93.0 Å². The molecule has 0 saturated heterocycles. The van der Waals surface area contributed by atoms with Crippen molar-refractivity contribution in [3.63, 3.8) is 0 Å². The third-order valence-corrected chi connectivity index (χ3v) is 15.1. The number of anilines is 2. The van der Waals surface area contributed by atoms with Gasteiger partial charge in [0.15, 0.2) is 22.9 Å². The number of hydrogen-bond donors (Lipinski definition) is 9. The molecule has 22 heteroatoms. The highest BCUT2D eigenvalue weighted by molar-refractivity contribution is 6.37. The van der Waals surface area contributed by atoms with Gasteiger partial charge >= 0.3 is 0 Å². The minimum atomic E-state index is -0.379. The third kappa shape index (κ3) is 15.1. The van der Waals surface area contributed by atoms with Gasteiger partial charge in [-0.3, -0.25) is 19.6 Å². The summed E-state index contributed by atoms with van der Waals surface area (Å²) in [5, 5.41) is 56.4. The summed E-state index contributed by atoms with van der Waals surface area (Å²) < 4.78 is 3.41. The molecule has 0 spiro atoms. The average Bonchev–Trinajstić information content (AvgIpc) is 2.14. The number of fused-ring (bicyclic) bond motifs is 2. The molecule has 0 atom stereocenters. The van der Waals surface area contributed by atoms with Crippen LogP contribution >= 0.6 is 34.8 Å². The summed E-state index contributed by atoms with van der Waals surface area (Å²) in [5.74, 6) is 0.457. The Morgan fingerprint density at radius 3 is 1.33 bits per heavy atom. The fourth-order valence-electron chi connectivity index (χ4n) is 9.70. The van der Waals surface area contributed by atoms with Crippen molar-refractivity contribution in [1.82, 2.24) is 60.4 Å². The Hall–Kier alpha value is -8.05. The summed E-state index contributed by atoms with van der Waals surface area (Å²) in [4.78, 5) is 44.1. The Balaban J connectivity index is 0.000000205. The van der Waals surface area contributed by atoms with E-state index in [0.29, 0.717) is 101 Å². The molecule has 0 unspecified atom stereocenters. The second-order valence-corrected chi connectivity index (χ2v) is 21.5. The third-order valence-electron chi connectivity index (χ3n) is 14.2. The molecule has 0 fully saturated rings. The molecule has 9 N–H and O–H groups in total. The molecule has 2 amide bonds. The fraction of sp³-hybridized carbons (Fsp3) is 0.250. The summed E-state index contributed by atoms with van der Waals surface area (Å²) in [6, 6.07) is 34.1. The number of aliphatic hydroxyl groups excluding tert-OH is 3. The Morgan fingerprint density at radius 2 is 0.872 bits per heavy atom. The standard InChI is InChI=1S/C33H36ClN7O2.C31H31Cl2N7O3/c1-4-13-35-18-24-16-28(34)32-39-31(40-41(32)20-24)27-9-5-7-25(21(27)2)26-8-6-10-29(22(26)3)38-33(43)30-12-11-23(19-37-30)17-36-14-15-42;1-19-22(4-2-5-23(19)29-38-30-25(32)14-21(16-35-11-13-42)18-40(30)39-29)24-6-3-7-26(28(24)33)37-31(43)27-9-8-20(17-36-27)15-34-10-12-41/h5-12,16,19-20,35-36,42H,4,13-15,17-18H2,1-3H3,(H,38,43);2-9,14,17-18,34-35,41-42H,10-13,15-16H2,1H3,(H,37,43). The predicted octanol–water partition coefficient (Wildman–Crippen LogP) is 10.1. The number of rotatable bonds is 24. The van der Waals surface area contributed by atoms with E-state index >= 15 is 0 Å². The van der Waals surface area contributed by atoms with Crippen molar-refractivity contribution in [3.8, 4) is 45.0 Å². The van der Waals surface area contributed by atoms with Gasteiger partial charge in [0.1, 0.15) is 11.4 Å². The van der Waals surface area contributed by atoms with Crippen molar-refractivity contribution >= 4 is 69.3 Å². The van der Waals surface area contributed by atoms with E-state index in [2.05, 4.69) is 61.8 Å². The number of hydrogen-bond acceptors (Lipinski definition) is 15. The van der Waals surface area contributed by atoms with Gasteiger partial charge in [-0.05, 0) is 126 Å². The van der Waals surface area contributed by atoms with Crippen molar-refractivity contribution in [2.24, 2.45) is 0 Å². The molecule has 4 aromatic carbocycles. The van der Waals surface area contributed by atoms with Crippen molar-refractivity contribution in [3.05, 3.63) is 199 Å². The van der Waals surface area contributed by atoms with E-state index in [1.54, 1.807) is 39.6 Å². The van der Waals surface area contributed by atoms with Gasteiger partial charge in [-0.25, -0.2) is 19.0 Å². The molecule has 0 saturated carbocycles. The number of carbonyl (C=O) groups excluding carboxylic acids is 2. The summed E-state index contributed by atoms with van der Waals surface area (Å²) >= 11 is 20.0. The number of amides is 2. The number of aliphatic hydroxyl groups is 3. The second kappa shape index (κ2) is 29.8. The molecule has 10 rings (SSSR count). The first-order valence-corrected chi connectivity index (χ1v) is 29.3. The first kappa shape index (κ1) is 62.5. The molecular weight excluding hydrogens is 1150 g/mol. The lowest BCUT2D eigenvalue weighted by atomic mass is 9.92. The van der Waals surface area contributed by atoms with Crippen LogP contribution in [0.5, 0.6) is 0 Å². The molecular formula is C64H67Cl3N14O5. The second-order valence-electron chi connectivity index (χ2n) is 20.3. The van der Waals surface area contributed by atoms with Crippen LogP contribution in [-0.4, -0.2) is 112 Å². The summed E-state index contributed by atoms with van der Waals surface area (Å²) in [6.07, 6.45) is 8.18. The van der Waals surface area contributed by atoms with Crippen LogP contribution in [-0.2, 0) is 26.2 Å². The number of carbonyl (C=O) groups is 2. The summed E-state index contributed by atoms with van der Waals surface area (Å²) in [5.41, 5.74) is 15.0. The van der Waals surface area contributed by atoms with Crippen molar-refractivity contribution < 1.29 is 24.9 Å². The smallest absolute Gasteiger partial charge is 0.274 e. The Kier molecular flexibility index (Phi) is 21.7. The molecule has 10 aromatic rings. The number of pyridine rings is 4. The van der Waals surface area contributed by atoms with E-state index in [1.165, 1.54) is 0 Å². The van der Waals surface area contributed by atoms with Crippen LogP contribution < -0.4 is 31.9 Å². The highest BCUT2D eigenvalue weighted by atomic mass is 35.5. The van der Waals surface area contributed by atoms with Crippen LogP contribution in [0, 0.1) is 20.8 Å². The zero-order valence-corrected chi connectivity index (χ0v) is 50.3. The zero-order chi connectivity index (χ0) is 60.7. The molecule has 6 aromatic heterocycles. The Labute approximate surface area is 513 Å². The normalized spacial score (nSPS) is 11.3. The van der Waals surface area contributed by atoms with E-state index in [1.807, 2.05) is 111 Å². The lowest BCUT2D eigenvalue weighted by Gasteiger charge is -2.15. The molecule has 0 aliphatic heterocycles. The first-order chi connectivity index (χ1) is 41.8. The monoisotopic (exact) mass is 1220 g/mol. The van der Waals surface area contributed by atoms with Crippen molar-refractivity contribution in [2.75, 3.05) is 56.6 Å². The van der Waals surface area contributed by atoms with Gasteiger partial charge in [-0.15, -0.1) is 10.2 Å². The van der Waals surface area contributed by atoms with E-state index in [4.69, 9.17) is 70.3 Å². The minimum absolute atomic E-state index is 0.0503. The van der Waals surface area contributed by atoms with Crippen LogP contribution in [0.15, 0.2) is 134 Å². The van der Waals surface area contributed by atoms with Gasteiger partial charge in [0.2, 0.25) is 0 Å². The maximum atomic E-state index is 13.0. The molecule has 0 aliphatic carbocycles. The molecule has 86 heavy (non-hydrogen) atoms. The summed E-state index contributed by atoms with van der Waals surface area (Å²) in [7, 11) is 0. The molecule has 0 aliphatic rings. The number of nitrogens with zero attached hydrogens (tertiary/aromatic N) is 8. The van der Waals surface area contributed by atoms with Crippen LogP contribution in [0.2, 0.25) is 15.1 Å². The Bertz CT molecular complexity index is 3730. The topological polar surface area (TPSA) is 253 Å². The molecule has 0 bridgehead atoms. The lowest BCUT2D eigenvalue weighted by molar-refractivity contribution is 0.101. The molecule has 444 valence electrons. The highest BCUT2D eigenvalue weighted by Crippen LogP contribution is 2.39. The number of nitrogens with one attached hydrogen (secondary N) is 6. The quantitative estimate of drug-likeness (QED) is 0.0255. The van der Waals surface area contributed by atoms with Gasteiger partial charge in [-0.1, -0.05) is 115 Å². The van der Waals surface area contributed by atoms with Crippen molar-refractivity contribution in [1.29, 1.82) is 0 Å². The van der Waals surface area contributed by atoms with Gasteiger partial charge < -0.3 is 47.2 Å². The van der Waals surface area contributed by atoms with Crippen LogP contribution in [0.4, 0.5) is 11.4 Å². The van der Waals surface area contributed by atoms with Crippen LogP contribution in [0.3, 0.4) is 0 Å². The average molecular weight is 1220 g/mol. The number of benzene rings is 4. The minimum Gasteiger partial charge on any atom is -0.395 e. The van der Waals surface area contributed by atoms with E-state index in [-0.39, 0.29) is 37.3 Å². The van der Waals surface area contributed by atoms with Crippen molar-refractivity contribution in [2.45, 2.75) is 60.3 Å². The SMILES string of the molecule is CCCNCc1cc(Cl)c2nc(-c3cccc(-c4cccc(NC(=O)c5ccc(CNCCO)cn5)c4C)c3C)nn2c1.Cc1c(-c2nc3c(Cl)cc(CNCCO)cn3n2)cccc1-c1cccc(NC(=O)c2ccc(CNCCO)cn2)c1Cl. The van der Waals surface area contributed by atoms with Gasteiger partial charge in [-0.2, -0.15) is 0 Å². The van der Waals surface area contributed by atoms with Gasteiger partial charge in [0.25, 0.3) is 11.8 Å². The van der Waals surface area contributed by atoms with E-state index in [0.717, 1.165) is 85.3 Å².